The number of hydrogen-bond donors (Lipinski definition) is 1. The van der Waals surface area contributed by atoms with Gasteiger partial charge in [0.1, 0.15) is 0 Å². The first-order valence-electron chi connectivity index (χ1n) is 7.01. The second kappa shape index (κ2) is 8.97. The highest BCUT2D eigenvalue weighted by atomic mass is 15.2. The van der Waals surface area contributed by atoms with Crippen molar-refractivity contribution < 1.29 is 0 Å². The molecule has 1 heterocycles. The molecule has 1 rings (SSSR count). The summed E-state index contributed by atoms with van der Waals surface area (Å²) in [6.07, 6.45) is 6.46. The van der Waals surface area contributed by atoms with E-state index in [0.717, 1.165) is 6.54 Å². The number of nitrogens with zero attached hydrogens (tertiary/aromatic N) is 2. The molecule has 16 heavy (non-hydrogen) atoms. The fourth-order valence-electron chi connectivity index (χ4n) is 2.33. The average Bonchev–Trinajstić information content (AvgIpc) is 2.52. The van der Waals surface area contributed by atoms with Crippen molar-refractivity contribution in [1.82, 2.24) is 9.80 Å². The molecule has 1 saturated heterocycles. The second-order valence-electron chi connectivity index (χ2n) is 4.89. The van der Waals surface area contributed by atoms with Gasteiger partial charge < -0.3 is 15.5 Å². The van der Waals surface area contributed by atoms with E-state index in [1.807, 2.05) is 0 Å². The average molecular weight is 227 g/mol. The zero-order valence-corrected chi connectivity index (χ0v) is 11.0. The van der Waals surface area contributed by atoms with Crippen LogP contribution in [0.3, 0.4) is 0 Å². The highest BCUT2D eigenvalue weighted by molar-refractivity contribution is 4.69. The SMILES string of the molecule is CCCCN1CCCN(CCCCN)CC1. The third kappa shape index (κ3) is 5.83. The number of hydrogen-bond acceptors (Lipinski definition) is 3. The van der Waals surface area contributed by atoms with Crippen LogP contribution >= 0.6 is 0 Å². The molecule has 2 N–H and O–H groups in total. The van der Waals surface area contributed by atoms with E-state index in [9.17, 15) is 0 Å². The zero-order chi connectivity index (χ0) is 11.6. The molecule has 0 radical (unpaired) electrons. The summed E-state index contributed by atoms with van der Waals surface area (Å²) in [6, 6.07) is 0. The van der Waals surface area contributed by atoms with Crippen LogP contribution < -0.4 is 5.73 Å². The first kappa shape index (κ1) is 13.9. The Morgan fingerprint density at radius 3 is 2.06 bits per heavy atom. The highest BCUT2D eigenvalue weighted by Gasteiger charge is 2.13. The molecule has 0 aromatic heterocycles. The summed E-state index contributed by atoms with van der Waals surface area (Å²) in [7, 11) is 0. The predicted octanol–water partition coefficient (Wildman–Crippen LogP) is 1.53. The first-order chi connectivity index (χ1) is 7.86. The Morgan fingerprint density at radius 1 is 0.875 bits per heavy atom. The van der Waals surface area contributed by atoms with E-state index in [1.165, 1.54) is 71.4 Å². The Morgan fingerprint density at radius 2 is 1.50 bits per heavy atom. The van der Waals surface area contributed by atoms with Gasteiger partial charge in [0.25, 0.3) is 0 Å². The molecular formula is C13H29N3. The Kier molecular flexibility index (Phi) is 7.81. The Balaban J connectivity index is 2.13. The van der Waals surface area contributed by atoms with E-state index in [-0.39, 0.29) is 0 Å². The Labute approximate surface area is 101 Å². The van der Waals surface area contributed by atoms with Gasteiger partial charge in [-0.05, 0) is 58.4 Å². The van der Waals surface area contributed by atoms with Crippen LogP contribution in [0.15, 0.2) is 0 Å². The molecular weight excluding hydrogens is 198 g/mol. The maximum absolute atomic E-state index is 5.53. The number of nitrogens with two attached hydrogens (primary N) is 1. The molecule has 1 fully saturated rings. The first-order valence-corrected chi connectivity index (χ1v) is 7.01. The van der Waals surface area contributed by atoms with Gasteiger partial charge in [-0.25, -0.2) is 0 Å². The van der Waals surface area contributed by atoms with Crippen molar-refractivity contribution in [2.75, 3.05) is 45.8 Å². The van der Waals surface area contributed by atoms with E-state index in [2.05, 4.69) is 16.7 Å². The minimum absolute atomic E-state index is 0.844. The summed E-state index contributed by atoms with van der Waals surface area (Å²) >= 11 is 0. The van der Waals surface area contributed by atoms with Gasteiger partial charge in [0.2, 0.25) is 0 Å². The van der Waals surface area contributed by atoms with Crippen LogP contribution in [-0.4, -0.2) is 55.6 Å². The van der Waals surface area contributed by atoms with Crippen LogP contribution in [0.2, 0.25) is 0 Å². The topological polar surface area (TPSA) is 32.5 Å². The summed E-state index contributed by atoms with van der Waals surface area (Å²) < 4.78 is 0. The summed E-state index contributed by atoms with van der Waals surface area (Å²) in [5, 5.41) is 0. The second-order valence-corrected chi connectivity index (χ2v) is 4.89. The molecule has 96 valence electrons. The lowest BCUT2D eigenvalue weighted by Crippen LogP contribution is -2.32. The maximum atomic E-state index is 5.53. The van der Waals surface area contributed by atoms with Gasteiger partial charge in [-0.1, -0.05) is 13.3 Å². The smallest absolute Gasteiger partial charge is 0.0109 e. The van der Waals surface area contributed by atoms with Crippen LogP contribution in [0.5, 0.6) is 0 Å². The zero-order valence-electron chi connectivity index (χ0n) is 11.0. The molecule has 3 nitrogen and oxygen atoms in total. The molecule has 0 bridgehead atoms. The Hall–Kier alpha value is -0.120. The molecule has 0 aromatic rings. The summed E-state index contributed by atoms with van der Waals surface area (Å²) in [6.45, 7) is 10.8. The minimum atomic E-state index is 0.844. The van der Waals surface area contributed by atoms with Gasteiger partial charge in [-0.3, -0.25) is 0 Å². The van der Waals surface area contributed by atoms with E-state index in [0.29, 0.717) is 0 Å². The van der Waals surface area contributed by atoms with E-state index in [1.54, 1.807) is 0 Å². The molecule has 0 aromatic carbocycles. The maximum Gasteiger partial charge on any atom is 0.0109 e. The molecule has 0 spiro atoms. The summed E-state index contributed by atoms with van der Waals surface area (Å²) in [5.74, 6) is 0. The third-order valence-corrected chi connectivity index (χ3v) is 3.44. The molecule has 0 atom stereocenters. The monoisotopic (exact) mass is 227 g/mol. The minimum Gasteiger partial charge on any atom is -0.330 e. The van der Waals surface area contributed by atoms with Crippen molar-refractivity contribution in [3.8, 4) is 0 Å². The van der Waals surface area contributed by atoms with Gasteiger partial charge in [0.15, 0.2) is 0 Å². The summed E-state index contributed by atoms with van der Waals surface area (Å²) in [5.41, 5.74) is 5.53. The van der Waals surface area contributed by atoms with Crippen LogP contribution in [0.4, 0.5) is 0 Å². The molecule has 0 unspecified atom stereocenters. The van der Waals surface area contributed by atoms with E-state index >= 15 is 0 Å². The van der Waals surface area contributed by atoms with Gasteiger partial charge >= 0.3 is 0 Å². The van der Waals surface area contributed by atoms with Crippen LogP contribution in [0.1, 0.15) is 39.0 Å². The van der Waals surface area contributed by atoms with Gasteiger partial charge in [0.05, 0.1) is 0 Å². The lowest BCUT2D eigenvalue weighted by Gasteiger charge is -2.21. The quantitative estimate of drug-likeness (QED) is 0.670. The van der Waals surface area contributed by atoms with Crippen LogP contribution in [0, 0.1) is 0 Å². The van der Waals surface area contributed by atoms with Crippen molar-refractivity contribution in [3.05, 3.63) is 0 Å². The lowest BCUT2D eigenvalue weighted by atomic mass is 10.3. The number of rotatable bonds is 7. The Bertz CT molecular complexity index is 161. The van der Waals surface area contributed by atoms with Crippen molar-refractivity contribution in [1.29, 1.82) is 0 Å². The fourth-order valence-corrected chi connectivity index (χ4v) is 2.33. The van der Waals surface area contributed by atoms with Crippen LogP contribution in [0.25, 0.3) is 0 Å². The van der Waals surface area contributed by atoms with Gasteiger partial charge in [0, 0.05) is 13.1 Å². The standard InChI is InChI=1S/C13H29N3/c1-2-3-8-15-10-6-11-16(13-12-15)9-5-4-7-14/h2-14H2,1H3. The molecule has 0 saturated carbocycles. The predicted molar refractivity (Wildman–Crippen MR) is 70.7 cm³/mol. The molecule has 1 aliphatic rings. The molecule has 0 amide bonds. The van der Waals surface area contributed by atoms with Crippen LogP contribution in [-0.2, 0) is 0 Å². The normalized spacial score (nSPS) is 19.9. The van der Waals surface area contributed by atoms with Crippen molar-refractivity contribution in [2.45, 2.75) is 39.0 Å². The largest absolute Gasteiger partial charge is 0.330 e. The molecule has 0 aliphatic carbocycles. The fraction of sp³-hybridized carbons (Fsp3) is 1.00. The van der Waals surface area contributed by atoms with E-state index in [4.69, 9.17) is 5.73 Å². The lowest BCUT2D eigenvalue weighted by molar-refractivity contribution is 0.252. The van der Waals surface area contributed by atoms with Crippen molar-refractivity contribution >= 4 is 0 Å². The highest BCUT2D eigenvalue weighted by Crippen LogP contribution is 2.05. The van der Waals surface area contributed by atoms with Crippen molar-refractivity contribution in [3.63, 3.8) is 0 Å². The molecule has 1 aliphatic heterocycles. The van der Waals surface area contributed by atoms with Crippen molar-refractivity contribution in [2.24, 2.45) is 5.73 Å². The van der Waals surface area contributed by atoms with Gasteiger partial charge in [-0.2, -0.15) is 0 Å². The third-order valence-electron chi connectivity index (χ3n) is 3.44. The van der Waals surface area contributed by atoms with Gasteiger partial charge in [-0.15, -0.1) is 0 Å². The molecule has 3 heteroatoms. The summed E-state index contributed by atoms with van der Waals surface area (Å²) in [4.78, 5) is 5.24. The number of unbranched alkanes of at least 4 members (excludes halogenated alkanes) is 2. The van der Waals surface area contributed by atoms with E-state index < -0.39 is 0 Å².